The first-order chi connectivity index (χ1) is 11.5. The molecule has 1 aromatic carbocycles. The molecule has 2 N–H and O–H groups in total. The first-order valence-electron chi connectivity index (χ1n) is 6.76. The topological polar surface area (TPSA) is 75.3 Å². The lowest BCUT2D eigenvalue weighted by atomic mass is 10.1. The Labute approximate surface area is 154 Å². The average molecular weight is 457 g/mol. The minimum atomic E-state index is -4.46. The summed E-state index contributed by atoms with van der Waals surface area (Å²) < 4.78 is 63.6. The van der Waals surface area contributed by atoms with Gasteiger partial charge in [-0.15, -0.1) is 11.3 Å². The Morgan fingerprint density at radius 3 is 2.28 bits per heavy atom. The molecule has 2 aromatic rings. The molecule has 1 amide bonds. The van der Waals surface area contributed by atoms with E-state index in [1.54, 1.807) is 11.4 Å². The minimum absolute atomic E-state index is 0.134. The third kappa shape index (κ3) is 6.33. The number of thiophene rings is 1. The van der Waals surface area contributed by atoms with Gasteiger partial charge in [0.1, 0.15) is 10.8 Å². The van der Waals surface area contributed by atoms with Crippen LogP contribution in [0.1, 0.15) is 5.56 Å². The van der Waals surface area contributed by atoms with Gasteiger partial charge in [-0.3, -0.25) is 9.52 Å². The molecular weight excluding hydrogens is 445 g/mol. The van der Waals surface area contributed by atoms with E-state index < -0.39 is 28.7 Å². The van der Waals surface area contributed by atoms with Gasteiger partial charge in [-0.1, -0.05) is 12.1 Å². The highest BCUT2D eigenvalue weighted by atomic mass is 79.9. The zero-order valence-corrected chi connectivity index (χ0v) is 15.7. The first kappa shape index (κ1) is 19.7. The summed E-state index contributed by atoms with van der Waals surface area (Å²) in [6.07, 6.45) is -4.70. The molecule has 1 heterocycles. The van der Waals surface area contributed by atoms with Gasteiger partial charge in [0.25, 0.3) is 10.0 Å². The van der Waals surface area contributed by atoms with Crippen LogP contribution in [0.5, 0.6) is 0 Å². The normalized spacial score (nSPS) is 12.0. The highest BCUT2D eigenvalue weighted by Gasteiger charge is 2.27. The van der Waals surface area contributed by atoms with E-state index in [0.717, 1.165) is 11.3 Å². The molecule has 0 bridgehead atoms. The Kier molecular flexibility index (Phi) is 6.12. The molecule has 25 heavy (non-hydrogen) atoms. The predicted octanol–water partition coefficient (Wildman–Crippen LogP) is 3.53. The number of hydrogen-bond acceptors (Lipinski definition) is 4. The van der Waals surface area contributed by atoms with E-state index in [4.69, 9.17) is 0 Å². The second-order valence-corrected chi connectivity index (χ2v) is 9.30. The van der Waals surface area contributed by atoms with Crippen LogP contribution >= 0.6 is 27.3 Å². The summed E-state index contributed by atoms with van der Waals surface area (Å²) in [6.45, 7) is -1.39. The number of rotatable bonds is 6. The molecule has 0 saturated heterocycles. The lowest BCUT2D eigenvalue weighted by Crippen LogP contribution is -2.34. The van der Waals surface area contributed by atoms with Crippen molar-refractivity contribution >= 4 is 48.9 Å². The fourth-order valence-corrected chi connectivity index (χ4v) is 4.85. The van der Waals surface area contributed by atoms with E-state index in [1.807, 2.05) is 0 Å². The summed E-state index contributed by atoms with van der Waals surface area (Å²) in [4.78, 5) is 11.4. The van der Waals surface area contributed by atoms with Crippen LogP contribution in [0, 0.1) is 0 Å². The molecular formula is C14H12BrF3N2O3S2. The van der Waals surface area contributed by atoms with E-state index in [-0.39, 0.29) is 16.3 Å². The second-order valence-electron chi connectivity index (χ2n) is 4.93. The molecule has 0 radical (unpaired) electrons. The first-order valence-corrected chi connectivity index (χ1v) is 9.85. The number of carbonyl (C=O) groups excluding carboxylic acids is 1. The molecule has 0 aliphatic heterocycles. The zero-order valence-electron chi connectivity index (χ0n) is 12.4. The van der Waals surface area contributed by atoms with Crippen LogP contribution in [0.25, 0.3) is 0 Å². The molecule has 0 fully saturated rings. The Morgan fingerprint density at radius 1 is 1.12 bits per heavy atom. The maximum Gasteiger partial charge on any atom is 0.405 e. The third-order valence-electron chi connectivity index (χ3n) is 2.87. The second kappa shape index (κ2) is 7.75. The largest absolute Gasteiger partial charge is 0.405 e. The van der Waals surface area contributed by atoms with Gasteiger partial charge in [0.2, 0.25) is 5.91 Å². The van der Waals surface area contributed by atoms with Gasteiger partial charge in [0, 0.05) is 5.69 Å². The van der Waals surface area contributed by atoms with E-state index in [0.29, 0.717) is 9.35 Å². The molecule has 1 aromatic heterocycles. The van der Waals surface area contributed by atoms with Crippen molar-refractivity contribution in [1.29, 1.82) is 0 Å². The van der Waals surface area contributed by atoms with Crippen molar-refractivity contribution in [3.63, 3.8) is 0 Å². The Morgan fingerprint density at radius 2 is 1.76 bits per heavy atom. The van der Waals surface area contributed by atoms with E-state index >= 15 is 0 Å². The number of anilines is 1. The highest BCUT2D eigenvalue weighted by Crippen LogP contribution is 2.27. The molecule has 5 nitrogen and oxygen atoms in total. The standard InChI is InChI=1S/C14H12BrF3N2O3S2/c15-11-5-6-13(24-11)25(22,23)20-10-3-1-9(2-4-10)7-12(21)19-8-14(16,17)18/h1-6,20H,7-8H2,(H,19,21). The van der Waals surface area contributed by atoms with Crippen molar-refractivity contribution in [2.45, 2.75) is 16.8 Å². The average Bonchev–Trinajstić information content (AvgIpc) is 2.94. The quantitative estimate of drug-likeness (QED) is 0.697. The van der Waals surface area contributed by atoms with Crippen LogP contribution in [-0.2, 0) is 21.2 Å². The molecule has 11 heteroatoms. The number of carbonyl (C=O) groups is 1. The van der Waals surface area contributed by atoms with Gasteiger partial charge in [-0.2, -0.15) is 13.2 Å². The summed E-state index contributed by atoms with van der Waals surface area (Å²) in [5.41, 5.74) is 0.741. The molecule has 0 aliphatic carbocycles. The summed E-state index contributed by atoms with van der Waals surface area (Å²) in [6, 6.07) is 8.88. The highest BCUT2D eigenvalue weighted by molar-refractivity contribution is 9.11. The molecule has 0 unspecified atom stereocenters. The number of alkyl halides is 3. The van der Waals surface area contributed by atoms with Crippen LogP contribution in [0.3, 0.4) is 0 Å². The van der Waals surface area contributed by atoms with Gasteiger partial charge >= 0.3 is 6.18 Å². The predicted molar refractivity (Wildman–Crippen MR) is 92.0 cm³/mol. The SMILES string of the molecule is O=C(Cc1ccc(NS(=O)(=O)c2ccc(Br)s2)cc1)NCC(F)(F)F. The summed E-state index contributed by atoms with van der Waals surface area (Å²) in [5.74, 6) is -0.769. The maximum atomic E-state index is 12.2. The van der Waals surface area contributed by atoms with Crippen LogP contribution < -0.4 is 10.0 Å². The smallest absolute Gasteiger partial charge is 0.347 e. The number of sulfonamides is 1. The van der Waals surface area contributed by atoms with Crippen LogP contribution in [-0.4, -0.2) is 27.0 Å². The van der Waals surface area contributed by atoms with Crippen molar-refractivity contribution < 1.29 is 26.4 Å². The number of halogens is 4. The summed E-state index contributed by atoms with van der Waals surface area (Å²) in [7, 11) is -3.72. The minimum Gasteiger partial charge on any atom is -0.347 e. The number of hydrogen-bond donors (Lipinski definition) is 2. The Bertz CT molecular complexity index is 849. The zero-order chi connectivity index (χ0) is 18.7. The lowest BCUT2D eigenvalue weighted by molar-refractivity contribution is -0.138. The van der Waals surface area contributed by atoms with Gasteiger partial charge in [0.15, 0.2) is 0 Å². The van der Waals surface area contributed by atoms with Gasteiger partial charge < -0.3 is 5.32 Å². The maximum absolute atomic E-state index is 12.2. The van der Waals surface area contributed by atoms with Gasteiger partial charge in [-0.05, 0) is 45.8 Å². The summed E-state index contributed by atoms with van der Waals surface area (Å²) in [5, 5.41) is 1.77. The van der Waals surface area contributed by atoms with Crippen molar-refractivity contribution in [2.24, 2.45) is 0 Å². The lowest BCUT2D eigenvalue weighted by Gasteiger charge is -2.09. The molecule has 0 spiro atoms. The van der Waals surface area contributed by atoms with Crippen molar-refractivity contribution in [1.82, 2.24) is 5.32 Å². The number of amides is 1. The Balaban J connectivity index is 1.97. The Hall–Kier alpha value is -1.59. The van der Waals surface area contributed by atoms with E-state index in [2.05, 4.69) is 20.7 Å². The molecule has 136 valence electrons. The molecule has 0 saturated carbocycles. The van der Waals surface area contributed by atoms with Crippen LogP contribution in [0.15, 0.2) is 44.4 Å². The third-order valence-corrected chi connectivity index (χ3v) is 6.37. The summed E-state index contributed by atoms with van der Waals surface area (Å²) >= 11 is 4.24. The fraction of sp³-hybridized carbons (Fsp3) is 0.214. The van der Waals surface area contributed by atoms with Crippen LogP contribution in [0.4, 0.5) is 18.9 Å². The van der Waals surface area contributed by atoms with Crippen LogP contribution in [0.2, 0.25) is 0 Å². The van der Waals surface area contributed by atoms with E-state index in [1.165, 1.54) is 30.3 Å². The van der Waals surface area contributed by atoms with Gasteiger partial charge in [0.05, 0.1) is 10.2 Å². The molecule has 0 atom stereocenters. The van der Waals surface area contributed by atoms with Crippen molar-refractivity contribution in [3.05, 3.63) is 45.7 Å². The van der Waals surface area contributed by atoms with E-state index in [9.17, 15) is 26.4 Å². The van der Waals surface area contributed by atoms with Crippen molar-refractivity contribution in [2.75, 3.05) is 11.3 Å². The van der Waals surface area contributed by atoms with Crippen molar-refractivity contribution in [3.8, 4) is 0 Å². The monoisotopic (exact) mass is 456 g/mol. The van der Waals surface area contributed by atoms with Gasteiger partial charge in [-0.25, -0.2) is 8.42 Å². The molecule has 2 rings (SSSR count). The number of benzene rings is 1. The molecule has 0 aliphatic rings. The fourth-order valence-electron chi connectivity index (χ4n) is 1.78. The number of nitrogens with one attached hydrogen (secondary N) is 2.